The minimum absolute atomic E-state index is 0.0809. The molecule has 0 spiro atoms. The third-order valence-electron chi connectivity index (χ3n) is 2.40. The predicted octanol–water partition coefficient (Wildman–Crippen LogP) is 3.06. The molecule has 0 aliphatic heterocycles. The lowest BCUT2D eigenvalue weighted by molar-refractivity contribution is -0.141. The first-order chi connectivity index (χ1) is 7.30. The van der Waals surface area contributed by atoms with Gasteiger partial charge in [0.05, 0.1) is 5.92 Å². The van der Waals surface area contributed by atoms with Crippen molar-refractivity contribution in [2.24, 2.45) is 5.92 Å². The Labute approximate surface area is 92.9 Å². The fraction of sp³-hybridized carbons (Fsp3) is 0.417. The van der Waals surface area contributed by atoms with Gasteiger partial charge in [0.15, 0.2) is 0 Å². The molecule has 88 valence electrons. The molecule has 1 N–H and O–H groups in total. The van der Waals surface area contributed by atoms with Crippen LogP contribution in [-0.4, -0.2) is 11.1 Å². The average molecular weight is 228 g/mol. The molecule has 0 aromatic heterocycles. The molecule has 0 radical (unpaired) electrons. The molecule has 0 saturated carbocycles. The highest BCUT2D eigenvalue weighted by atomic mass is 19.3. The van der Waals surface area contributed by atoms with E-state index in [-0.39, 0.29) is 12.0 Å². The van der Waals surface area contributed by atoms with Gasteiger partial charge in [0.25, 0.3) is 5.92 Å². The Balaban J connectivity index is 2.87. The Hall–Kier alpha value is -1.45. The van der Waals surface area contributed by atoms with Crippen LogP contribution in [0.1, 0.15) is 25.0 Å². The van der Waals surface area contributed by atoms with Crippen LogP contribution in [-0.2, 0) is 17.1 Å². The molecule has 1 unspecified atom stereocenters. The van der Waals surface area contributed by atoms with E-state index in [9.17, 15) is 13.6 Å². The van der Waals surface area contributed by atoms with Crippen molar-refractivity contribution in [2.75, 3.05) is 0 Å². The van der Waals surface area contributed by atoms with Crippen LogP contribution in [0.4, 0.5) is 8.78 Å². The maximum absolute atomic E-state index is 13.0. The monoisotopic (exact) mass is 228 g/mol. The summed E-state index contributed by atoms with van der Waals surface area (Å²) in [6.07, 6.45) is 0.263. The van der Waals surface area contributed by atoms with E-state index in [1.807, 2.05) is 0 Å². The largest absolute Gasteiger partial charge is 0.481 e. The third kappa shape index (κ3) is 3.29. The van der Waals surface area contributed by atoms with Crippen molar-refractivity contribution >= 4 is 5.97 Å². The highest BCUT2D eigenvalue weighted by Gasteiger charge is 2.24. The first-order valence-corrected chi connectivity index (χ1v) is 5.00. The number of carbonyl (C=O) groups is 1. The second-order valence-corrected chi connectivity index (χ2v) is 4.03. The van der Waals surface area contributed by atoms with Crippen LogP contribution < -0.4 is 0 Å². The molecule has 0 heterocycles. The number of rotatable bonds is 4. The lowest BCUT2D eigenvalue weighted by Gasteiger charge is -2.13. The van der Waals surface area contributed by atoms with Gasteiger partial charge >= 0.3 is 5.97 Å². The summed E-state index contributed by atoms with van der Waals surface area (Å²) in [4.78, 5) is 10.6. The van der Waals surface area contributed by atoms with Gasteiger partial charge in [-0.15, -0.1) is 0 Å². The molecular formula is C12H14F2O2. The first kappa shape index (κ1) is 12.6. The fourth-order valence-electron chi connectivity index (χ4n) is 1.41. The number of hydrogen-bond acceptors (Lipinski definition) is 1. The summed E-state index contributed by atoms with van der Waals surface area (Å²) in [6.45, 7) is 2.38. The summed E-state index contributed by atoms with van der Waals surface area (Å²) in [5, 5.41) is 8.72. The van der Waals surface area contributed by atoms with E-state index in [4.69, 9.17) is 5.11 Å². The summed E-state index contributed by atoms with van der Waals surface area (Å²) in [5.41, 5.74) is 0.538. The SMILES string of the molecule is CC(Cc1cccc(C(C)(F)F)c1)C(=O)O. The van der Waals surface area contributed by atoms with Crippen molar-refractivity contribution in [1.29, 1.82) is 0 Å². The van der Waals surface area contributed by atoms with Crippen molar-refractivity contribution in [3.63, 3.8) is 0 Å². The van der Waals surface area contributed by atoms with Gasteiger partial charge in [-0.2, -0.15) is 0 Å². The lowest BCUT2D eigenvalue weighted by atomic mass is 9.98. The molecule has 0 bridgehead atoms. The van der Waals surface area contributed by atoms with Gasteiger partial charge in [-0.3, -0.25) is 4.79 Å². The maximum atomic E-state index is 13.0. The Morgan fingerprint density at radius 1 is 1.50 bits per heavy atom. The topological polar surface area (TPSA) is 37.3 Å². The van der Waals surface area contributed by atoms with Crippen LogP contribution >= 0.6 is 0 Å². The van der Waals surface area contributed by atoms with Gasteiger partial charge in [-0.25, -0.2) is 8.78 Å². The molecular weight excluding hydrogens is 214 g/mol. The van der Waals surface area contributed by atoms with E-state index < -0.39 is 17.8 Å². The highest BCUT2D eigenvalue weighted by molar-refractivity contribution is 5.69. The standard InChI is InChI=1S/C12H14F2O2/c1-8(11(15)16)6-9-4-3-5-10(7-9)12(2,13)14/h3-5,7-8H,6H2,1-2H3,(H,15,16). The van der Waals surface area contributed by atoms with Gasteiger partial charge < -0.3 is 5.11 Å². The Morgan fingerprint density at radius 3 is 2.62 bits per heavy atom. The summed E-state index contributed by atoms with van der Waals surface area (Å²) in [5.74, 6) is -4.38. The maximum Gasteiger partial charge on any atom is 0.306 e. The second kappa shape index (κ2) is 4.60. The average Bonchev–Trinajstić information content (AvgIpc) is 2.16. The van der Waals surface area contributed by atoms with Crippen LogP contribution in [0.2, 0.25) is 0 Å². The molecule has 0 aliphatic rings. The van der Waals surface area contributed by atoms with Gasteiger partial charge in [-0.05, 0) is 18.1 Å². The van der Waals surface area contributed by atoms with Crippen LogP contribution in [0.3, 0.4) is 0 Å². The molecule has 4 heteroatoms. The third-order valence-corrected chi connectivity index (χ3v) is 2.40. The minimum Gasteiger partial charge on any atom is -0.481 e. The number of hydrogen-bond donors (Lipinski definition) is 1. The molecule has 1 aromatic carbocycles. The summed E-state index contributed by atoms with van der Waals surface area (Å²) in [7, 11) is 0. The van der Waals surface area contributed by atoms with Gasteiger partial charge in [0, 0.05) is 12.5 Å². The zero-order valence-electron chi connectivity index (χ0n) is 9.21. The highest BCUT2D eigenvalue weighted by Crippen LogP contribution is 2.27. The van der Waals surface area contributed by atoms with Crippen molar-refractivity contribution in [3.05, 3.63) is 35.4 Å². The molecule has 1 aromatic rings. The summed E-state index contributed by atoms with van der Waals surface area (Å²) in [6, 6.07) is 5.89. The van der Waals surface area contributed by atoms with E-state index >= 15 is 0 Å². The lowest BCUT2D eigenvalue weighted by Crippen LogP contribution is -2.13. The summed E-state index contributed by atoms with van der Waals surface area (Å²) >= 11 is 0. The van der Waals surface area contributed by atoms with E-state index in [1.165, 1.54) is 18.2 Å². The molecule has 2 nitrogen and oxygen atoms in total. The molecule has 1 rings (SSSR count). The molecule has 0 saturated heterocycles. The van der Waals surface area contributed by atoms with E-state index in [2.05, 4.69) is 0 Å². The van der Waals surface area contributed by atoms with E-state index in [0.717, 1.165) is 6.92 Å². The first-order valence-electron chi connectivity index (χ1n) is 5.00. The van der Waals surface area contributed by atoms with Crippen molar-refractivity contribution in [1.82, 2.24) is 0 Å². The smallest absolute Gasteiger partial charge is 0.306 e. The molecule has 1 atom stereocenters. The van der Waals surface area contributed by atoms with Crippen molar-refractivity contribution in [2.45, 2.75) is 26.2 Å². The van der Waals surface area contributed by atoms with Crippen LogP contribution in [0.25, 0.3) is 0 Å². The molecule has 0 aliphatic carbocycles. The summed E-state index contributed by atoms with van der Waals surface area (Å²) < 4.78 is 26.0. The normalized spacial score (nSPS) is 13.5. The number of aliphatic carboxylic acids is 1. The molecule has 0 fully saturated rings. The van der Waals surface area contributed by atoms with Crippen LogP contribution in [0.5, 0.6) is 0 Å². The van der Waals surface area contributed by atoms with Gasteiger partial charge in [0.2, 0.25) is 0 Å². The fourth-order valence-corrected chi connectivity index (χ4v) is 1.41. The number of halogens is 2. The van der Waals surface area contributed by atoms with Gasteiger partial charge in [-0.1, -0.05) is 25.1 Å². The van der Waals surface area contributed by atoms with E-state index in [0.29, 0.717) is 5.56 Å². The Bertz CT molecular complexity index is 383. The van der Waals surface area contributed by atoms with Crippen LogP contribution in [0, 0.1) is 5.92 Å². The predicted molar refractivity (Wildman–Crippen MR) is 56.5 cm³/mol. The molecule has 0 amide bonds. The Kier molecular flexibility index (Phi) is 3.62. The van der Waals surface area contributed by atoms with Crippen molar-refractivity contribution in [3.8, 4) is 0 Å². The Morgan fingerprint density at radius 2 is 2.12 bits per heavy atom. The number of carboxylic acid groups (broad SMARTS) is 1. The minimum atomic E-state index is -2.89. The number of benzene rings is 1. The quantitative estimate of drug-likeness (QED) is 0.859. The molecule has 16 heavy (non-hydrogen) atoms. The van der Waals surface area contributed by atoms with Gasteiger partial charge in [0.1, 0.15) is 0 Å². The van der Waals surface area contributed by atoms with Crippen LogP contribution in [0.15, 0.2) is 24.3 Å². The zero-order chi connectivity index (χ0) is 12.3. The van der Waals surface area contributed by atoms with Crippen molar-refractivity contribution < 1.29 is 18.7 Å². The second-order valence-electron chi connectivity index (χ2n) is 4.03. The number of alkyl halides is 2. The van der Waals surface area contributed by atoms with E-state index in [1.54, 1.807) is 13.0 Å². The zero-order valence-corrected chi connectivity index (χ0v) is 9.21. The number of carboxylic acids is 1.